The monoisotopic (exact) mass is 295 g/mol. The Morgan fingerprint density at radius 1 is 0.955 bits per heavy atom. The summed E-state index contributed by atoms with van der Waals surface area (Å²) in [5.74, 6) is 1.73. The molecule has 3 heteroatoms. The third-order valence-corrected chi connectivity index (χ3v) is 3.80. The maximum Gasteiger partial charge on any atom is 0.119 e. The zero-order chi connectivity index (χ0) is 15.4. The second-order valence-electron chi connectivity index (χ2n) is 5.45. The predicted octanol–water partition coefficient (Wildman–Crippen LogP) is 4.43. The SMILES string of the molecule is COc1ccc(OCCCn2ccc3cc(C)ccc32)cc1. The second-order valence-corrected chi connectivity index (χ2v) is 5.45. The molecular weight excluding hydrogens is 274 g/mol. The van der Waals surface area contributed by atoms with E-state index < -0.39 is 0 Å². The largest absolute Gasteiger partial charge is 0.497 e. The van der Waals surface area contributed by atoms with Crippen molar-refractivity contribution in [2.24, 2.45) is 0 Å². The minimum Gasteiger partial charge on any atom is -0.497 e. The Labute approximate surface area is 131 Å². The third-order valence-electron chi connectivity index (χ3n) is 3.80. The van der Waals surface area contributed by atoms with Crippen LogP contribution in [0.25, 0.3) is 10.9 Å². The number of aryl methyl sites for hydroxylation is 2. The van der Waals surface area contributed by atoms with Crippen LogP contribution in [0.5, 0.6) is 11.5 Å². The van der Waals surface area contributed by atoms with Crippen LogP contribution in [0.2, 0.25) is 0 Å². The van der Waals surface area contributed by atoms with E-state index in [-0.39, 0.29) is 0 Å². The highest BCUT2D eigenvalue weighted by molar-refractivity contribution is 5.80. The molecule has 1 heterocycles. The molecule has 0 saturated heterocycles. The van der Waals surface area contributed by atoms with Crippen LogP contribution in [-0.2, 0) is 6.54 Å². The lowest BCUT2D eigenvalue weighted by atomic mass is 10.2. The molecule has 0 atom stereocenters. The average molecular weight is 295 g/mol. The first kappa shape index (κ1) is 14.5. The van der Waals surface area contributed by atoms with E-state index in [1.165, 1.54) is 16.5 Å². The van der Waals surface area contributed by atoms with Gasteiger partial charge in [0, 0.05) is 18.3 Å². The molecule has 0 saturated carbocycles. The summed E-state index contributed by atoms with van der Waals surface area (Å²) in [7, 11) is 1.67. The summed E-state index contributed by atoms with van der Waals surface area (Å²) in [6.07, 6.45) is 3.13. The molecule has 0 fully saturated rings. The lowest BCUT2D eigenvalue weighted by Crippen LogP contribution is -2.03. The maximum atomic E-state index is 5.77. The van der Waals surface area contributed by atoms with Gasteiger partial charge in [-0.3, -0.25) is 0 Å². The quantitative estimate of drug-likeness (QED) is 0.628. The van der Waals surface area contributed by atoms with Gasteiger partial charge in [0.15, 0.2) is 0 Å². The summed E-state index contributed by atoms with van der Waals surface area (Å²) in [6.45, 7) is 3.79. The molecule has 3 rings (SSSR count). The highest BCUT2D eigenvalue weighted by Gasteiger charge is 2.01. The topological polar surface area (TPSA) is 23.4 Å². The van der Waals surface area contributed by atoms with Crippen molar-refractivity contribution in [1.82, 2.24) is 4.57 Å². The Bertz CT molecular complexity index is 744. The first-order chi connectivity index (χ1) is 10.8. The fourth-order valence-corrected chi connectivity index (χ4v) is 2.61. The first-order valence-electron chi connectivity index (χ1n) is 7.58. The van der Waals surface area contributed by atoms with Crippen LogP contribution in [0.4, 0.5) is 0 Å². The van der Waals surface area contributed by atoms with Gasteiger partial charge in [-0.2, -0.15) is 0 Å². The van der Waals surface area contributed by atoms with E-state index >= 15 is 0 Å². The van der Waals surface area contributed by atoms with Crippen molar-refractivity contribution in [3.8, 4) is 11.5 Å². The molecule has 0 amide bonds. The van der Waals surface area contributed by atoms with Crippen molar-refractivity contribution in [2.75, 3.05) is 13.7 Å². The lowest BCUT2D eigenvalue weighted by molar-refractivity contribution is 0.302. The third kappa shape index (κ3) is 3.25. The van der Waals surface area contributed by atoms with Crippen molar-refractivity contribution in [2.45, 2.75) is 19.9 Å². The number of methoxy groups -OCH3 is 1. The Morgan fingerprint density at radius 2 is 1.73 bits per heavy atom. The van der Waals surface area contributed by atoms with Gasteiger partial charge in [0.05, 0.1) is 13.7 Å². The Kier molecular flexibility index (Phi) is 4.33. The number of rotatable bonds is 6. The zero-order valence-corrected chi connectivity index (χ0v) is 13.1. The minimum atomic E-state index is 0.706. The summed E-state index contributed by atoms with van der Waals surface area (Å²) < 4.78 is 13.2. The fourth-order valence-electron chi connectivity index (χ4n) is 2.61. The highest BCUT2D eigenvalue weighted by atomic mass is 16.5. The van der Waals surface area contributed by atoms with Crippen molar-refractivity contribution >= 4 is 10.9 Å². The van der Waals surface area contributed by atoms with Gasteiger partial charge in [-0.25, -0.2) is 0 Å². The Morgan fingerprint density at radius 3 is 2.50 bits per heavy atom. The molecule has 0 unspecified atom stereocenters. The molecule has 0 spiro atoms. The Hall–Kier alpha value is -2.42. The smallest absolute Gasteiger partial charge is 0.119 e. The fraction of sp³-hybridized carbons (Fsp3) is 0.263. The number of hydrogen-bond donors (Lipinski definition) is 0. The molecule has 0 bridgehead atoms. The molecule has 0 aliphatic heterocycles. The van der Waals surface area contributed by atoms with E-state index in [9.17, 15) is 0 Å². The summed E-state index contributed by atoms with van der Waals surface area (Å²) >= 11 is 0. The van der Waals surface area contributed by atoms with Crippen LogP contribution < -0.4 is 9.47 Å². The molecule has 0 radical (unpaired) electrons. The molecule has 3 aromatic rings. The van der Waals surface area contributed by atoms with Crippen LogP contribution >= 0.6 is 0 Å². The van der Waals surface area contributed by atoms with Gasteiger partial charge in [-0.05, 0) is 61.2 Å². The number of fused-ring (bicyclic) bond motifs is 1. The number of benzene rings is 2. The van der Waals surface area contributed by atoms with Crippen LogP contribution in [-0.4, -0.2) is 18.3 Å². The summed E-state index contributed by atoms with van der Waals surface area (Å²) in [5.41, 5.74) is 2.59. The molecule has 114 valence electrons. The number of ether oxygens (including phenoxy) is 2. The summed E-state index contributed by atoms with van der Waals surface area (Å²) in [5, 5.41) is 1.30. The first-order valence-corrected chi connectivity index (χ1v) is 7.58. The van der Waals surface area contributed by atoms with Gasteiger partial charge in [0.25, 0.3) is 0 Å². The maximum absolute atomic E-state index is 5.77. The van der Waals surface area contributed by atoms with E-state index in [4.69, 9.17) is 9.47 Å². The predicted molar refractivity (Wildman–Crippen MR) is 89.8 cm³/mol. The lowest BCUT2D eigenvalue weighted by Gasteiger charge is -2.08. The number of nitrogens with zero attached hydrogens (tertiary/aromatic N) is 1. The van der Waals surface area contributed by atoms with E-state index in [2.05, 4.69) is 42.0 Å². The van der Waals surface area contributed by atoms with Gasteiger partial charge in [-0.1, -0.05) is 11.6 Å². The van der Waals surface area contributed by atoms with Gasteiger partial charge >= 0.3 is 0 Å². The minimum absolute atomic E-state index is 0.706. The van der Waals surface area contributed by atoms with Crippen LogP contribution in [0.15, 0.2) is 54.7 Å². The average Bonchev–Trinajstić information content (AvgIpc) is 2.94. The van der Waals surface area contributed by atoms with Gasteiger partial charge < -0.3 is 14.0 Å². The van der Waals surface area contributed by atoms with E-state index in [1.807, 2.05) is 24.3 Å². The van der Waals surface area contributed by atoms with Crippen LogP contribution in [0.3, 0.4) is 0 Å². The van der Waals surface area contributed by atoms with Gasteiger partial charge in [-0.15, -0.1) is 0 Å². The highest BCUT2D eigenvalue weighted by Crippen LogP contribution is 2.19. The number of aromatic nitrogens is 1. The number of hydrogen-bond acceptors (Lipinski definition) is 2. The van der Waals surface area contributed by atoms with Gasteiger partial charge in [0.2, 0.25) is 0 Å². The standard InChI is InChI=1S/C19H21NO2/c1-15-4-9-19-16(14-15)10-12-20(19)11-3-13-22-18-7-5-17(21-2)6-8-18/h4-10,12,14H,3,11,13H2,1-2H3. The van der Waals surface area contributed by atoms with Gasteiger partial charge in [0.1, 0.15) is 11.5 Å². The van der Waals surface area contributed by atoms with Crippen molar-refractivity contribution in [3.63, 3.8) is 0 Å². The summed E-state index contributed by atoms with van der Waals surface area (Å²) in [4.78, 5) is 0. The molecule has 1 aromatic heterocycles. The van der Waals surface area contributed by atoms with Crippen LogP contribution in [0.1, 0.15) is 12.0 Å². The molecule has 0 aliphatic rings. The Balaban J connectivity index is 1.53. The normalized spacial score (nSPS) is 10.8. The second kappa shape index (κ2) is 6.56. The van der Waals surface area contributed by atoms with Crippen molar-refractivity contribution < 1.29 is 9.47 Å². The van der Waals surface area contributed by atoms with E-state index in [1.54, 1.807) is 7.11 Å². The summed E-state index contributed by atoms with van der Waals surface area (Å²) in [6, 6.07) is 16.4. The zero-order valence-electron chi connectivity index (χ0n) is 13.1. The van der Waals surface area contributed by atoms with Crippen molar-refractivity contribution in [3.05, 3.63) is 60.3 Å². The molecule has 22 heavy (non-hydrogen) atoms. The van der Waals surface area contributed by atoms with E-state index in [0.29, 0.717) is 6.61 Å². The molecular formula is C19H21NO2. The molecule has 2 aromatic carbocycles. The van der Waals surface area contributed by atoms with Crippen LogP contribution in [0, 0.1) is 6.92 Å². The van der Waals surface area contributed by atoms with E-state index in [0.717, 1.165) is 24.5 Å². The molecule has 3 nitrogen and oxygen atoms in total. The molecule has 0 aliphatic carbocycles. The van der Waals surface area contributed by atoms with Crippen molar-refractivity contribution in [1.29, 1.82) is 0 Å². The molecule has 0 N–H and O–H groups in total.